The fourth-order valence-electron chi connectivity index (χ4n) is 4.68. The first-order valence-corrected chi connectivity index (χ1v) is 13.5. The molecule has 7 nitrogen and oxygen atoms in total. The number of fused-ring (bicyclic) bond motifs is 1. The number of benzene rings is 2. The maximum atomic E-state index is 13.5. The van der Waals surface area contributed by atoms with Crippen LogP contribution in [0.1, 0.15) is 43.4 Å². The number of amides is 1. The van der Waals surface area contributed by atoms with Gasteiger partial charge in [-0.2, -0.15) is 0 Å². The highest BCUT2D eigenvalue weighted by atomic mass is 35.5. The van der Waals surface area contributed by atoms with Gasteiger partial charge in [-0.05, 0) is 42.4 Å². The average molecular weight is 538 g/mol. The van der Waals surface area contributed by atoms with Gasteiger partial charge in [-0.25, -0.2) is 9.79 Å². The third-order valence-corrected chi connectivity index (χ3v) is 7.76. The molecule has 2 atom stereocenters. The molecular formula is C28H28ClN3O4S. The lowest BCUT2D eigenvalue weighted by Crippen LogP contribution is -2.39. The molecule has 0 aliphatic carbocycles. The zero-order valence-electron chi connectivity index (χ0n) is 20.5. The number of hydrogen-bond donors (Lipinski definition) is 1. The Balaban J connectivity index is 1.40. The van der Waals surface area contributed by atoms with Crippen LogP contribution in [-0.4, -0.2) is 41.2 Å². The second kappa shape index (κ2) is 11.5. The number of allylic oxidation sites excluding steroid dienone is 1. The monoisotopic (exact) mass is 537 g/mol. The number of thioether (sulfide) groups is 1. The van der Waals surface area contributed by atoms with Crippen molar-refractivity contribution < 1.29 is 19.1 Å². The minimum atomic E-state index is -0.573. The van der Waals surface area contributed by atoms with Crippen molar-refractivity contribution in [1.82, 2.24) is 10.2 Å². The maximum absolute atomic E-state index is 13.5. The predicted octanol–water partition coefficient (Wildman–Crippen LogP) is 5.34. The molecular weight excluding hydrogens is 510 g/mol. The summed E-state index contributed by atoms with van der Waals surface area (Å²) in [4.78, 5) is 33.0. The van der Waals surface area contributed by atoms with Crippen LogP contribution in [0.5, 0.6) is 0 Å². The number of carbonyl (C=O) groups excluding carboxylic acids is 2. The first-order valence-electron chi connectivity index (χ1n) is 12.3. The first-order chi connectivity index (χ1) is 18.0. The number of ether oxygens (including phenoxy) is 2. The van der Waals surface area contributed by atoms with Crippen molar-refractivity contribution in [3.63, 3.8) is 0 Å². The minimum absolute atomic E-state index is 0.0652. The van der Waals surface area contributed by atoms with Crippen molar-refractivity contribution in [3.05, 3.63) is 93.1 Å². The van der Waals surface area contributed by atoms with E-state index in [1.807, 2.05) is 58.8 Å². The summed E-state index contributed by atoms with van der Waals surface area (Å²) in [7, 11) is 0. The quantitative estimate of drug-likeness (QED) is 0.458. The van der Waals surface area contributed by atoms with Crippen molar-refractivity contribution in [2.24, 2.45) is 4.99 Å². The standard InChI is InChI=1S/C28H28ClN3O4S/c1-18-25(27(34)36-16-19-8-3-2-4-9-19)26(22-11-5-6-12-23(22)29)32-20(17-37-28(32)31-18)14-24(33)30-15-21-10-7-13-35-21/h2-6,8-9,11-12,17,21,26H,7,10,13-16H2,1H3,(H,30,33)/t21-,26+/m1/s1. The van der Waals surface area contributed by atoms with Crippen molar-refractivity contribution in [2.45, 2.75) is 44.9 Å². The number of hydrogen-bond acceptors (Lipinski definition) is 7. The van der Waals surface area contributed by atoms with Crippen LogP contribution < -0.4 is 5.32 Å². The Morgan fingerprint density at radius 1 is 1.19 bits per heavy atom. The van der Waals surface area contributed by atoms with Crippen LogP contribution >= 0.6 is 23.4 Å². The van der Waals surface area contributed by atoms with E-state index in [0.717, 1.165) is 36.3 Å². The van der Waals surface area contributed by atoms with E-state index in [2.05, 4.69) is 5.32 Å². The van der Waals surface area contributed by atoms with Crippen LogP contribution in [0.3, 0.4) is 0 Å². The summed E-state index contributed by atoms with van der Waals surface area (Å²) in [6.45, 7) is 3.18. The Kier molecular flexibility index (Phi) is 7.98. The molecule has 3 aliphatic rings. The van der Waals surface area contributed by atoms with Gasteiger partial charge >= 0.3 is 5.97 Å². The van der Waals surface area contributed by atoms with Crippen LogP contribution in [0.15, 0.2) is 82.0 Å². The smallest absolute Gasteiger partial charge is 0.338 e. The van der Waals surface area contributed by atoms with Gasteiger partial charge in [-0.1, -0.05) is 71.9 Å². The number of nitrogens with one attached hydrogen (secondary N) is 1. The van der Waals surface area contributed by atoms with E-state index in [1.54, 1.807) is 13.0 Å². The molecule has 0 aromatic heterocycles. The molecule has 0 bridgehead atoms. The molecule has 1 fully saturated rings. The Labute approximate surface area is 225 Å². The van der Waals surface area contributed by atoms with Crippen LogP contribution in [-0.2, 0) is 25.7 Å². The number of rotatable bonds is 8. The van der Waals surface area contributed by atoms with E-state index in [-0.39, 0.29) is 25.0 Å². The van der Waals surface area contributed by atoms with Gasteiger partial charge in [-0.3, -0.25) is 4.79 Å². The Hall–Kier alpha value is -3.07. The van der Waals surface area contributed by atoms with Gasteiger partial charge in [0.2, 0.25) is 5.91 Å². The van der Waals surface area contributed by atoms with Crippen molar-refractivity contribution in [1.29, 1.82) is 0 Å². The molecule has 1 saturated heterocycles. The maximum Gasteiger partial charge on any atom is 0.338 e. The van der Waals surface area contributed by atoms with E-state index in [0.29, 0.717) is 28.0 Å². The zero-order chi connectivity index (χ0) is 25.8. The Bertz CT molecular complexity index is 1270. The van der Waals surface area contributed by atoms with Crippen LogP contribution in [0.25, 0.3) is 0 Å². The zero-order valence-corrected chi connectivity index (χ0v) is 22.1. The van der Waals surface area contributed by atoms with Gasteiger partial charge in [0, 0.05) is 23.9 Å². The molecule has 37 heavy (non-hydrogen) atoms. The normalized spacial score (nSPS) is 20.9. The summed E-state index contributed by atoms with van der Waals surface area (Å²) in [5, 5.41) is 6.12. The highest BCUT2D eigenvalue weighted by Crippen LogP contribution is 2.46. The molecule has 3 heterocycles. The second-order valence-corrected chi connectivity index (χ2v) is 10.3. The number of carbonyl (C=O) groups is 2. The molecule has 5 rings (SSSR count). The highest BCUT2D eigenvalue weighted by molar-refractivity contribution is 8.16. The second-order valence-electron chi connectivity index (χ2n) is 9.09. The molecule has 0 unspecified atom stereocenters. The van der Waals surface area contributed by atoms with Gasteiger partial charge in [-0.15, -0.1) is 0 Å². The van der Waals surface area contributed by atoms with Crippen LogP contribution in [0.4, 0.5) is 0 Å². The molecule has 0 radical (unpaired) electrons. The van der Waals surface area contributed by atoms with E-state index < -0.39 is 12.0 Å². The SMILES string of the molecule is CC1=C(C(=O)OCc2ccccc2)[C@H](c2ccccc2Cl)N2C(CC(=O)NC[C@H]3CCCO3)=CSC2=N1. The third kappa shape index (κ3) is 5.76. The van der Waals surface area contributed by atoms with Gasteiger partial charge in [0.15, 0.2) is 5.17 Å². The Morgan fingerprint density at radius 2 is 1.97 bits per heavy atom. The topological polar surface area (TPSA) is 80.2 Å². The van der Waals surface area contributed by atoms with E-state index in [1.165, 1.54) is 11.8 Å². The third-order valence-electron chi connectivity index (χ3n) is 6.53. The largest absolute Gasteiger partial charge is 0.457 e. The minimum Gasteiger partial charge on any atom is -0.457 e. The van der Waals surface area contributed by atoms with Crippen molar-refractivity contribution >= 4 is 40.4 Å². The first kappa shape index (κ1) is 25.6. The fraction of sp³-hybridized carbons (Fsp3) is 0.321. The molecule has 1 N–H and O–H groups in total. The molecule has 9 heteroatoms. The summed E-state index contributed by atoms with van der Waals surface area (Å²) in [5.74, 6) is -0.575. The van der Waals surface area contributed by atoms with Crippen LogP contribution in [0, 0.1) is 0 Å². The lowest BCUT2D eigenvalue weighted by molar-refractivity contribution is -0.141. The summed E-state index contributed by atoms with van der Waals surface area (Å²) in [5.41, 5.74) is 3.36. The number of aliphatic imine (C=N–C) groups is 1. The molecule has 192 valence electrons. The van der Waals surface area contributed by atoms with Crippen LogP contribution in [0.2, 0.25) is 5.02 Å². The highest BCUT2D eigenvalue weighted by Gasteiger charge is 2.42. The summed E-state index contributed by atoms with van der Waals surface area (Å²) in [6, 6.07) is 16.4. The number of amidine groups is 1. The molecule has 2 aromatic carbocycles. The molecule has 0 spiro atoms. The molecule has 2 aromatic rings. The van der Waals surface area contributed by atoms with E-state index >= 15 is 0 Å². The summed E-state index contributed by atoms with van der Waals surface area (Å²) >= 11 is 8.09. The van der Waals surface area contributed by atoms with Gasteiger partial charge in [0.05, 0.1) is 29.8 Å². The van der Waals surface area contributed by atoms with Gasteiger partial charge in [0.25, 0.3) is 0 Å². The number of halogens is 1. The van der Waals surface area contributed by atoms with Crippen molar-refractivity contribution in [2.75, 3.05) is 13.2 Å². The lowest BCUT2D eigenvalue weighted by Gasteiger charge is -2.36. The van der Waals surface area contributed by atoms with Gasteiger partial charge in [0.1, 0.15) is 6.61 Å². The van der Waals surface area contributed by atoms with Gasteiger partial charge < -0.3 is 19.7 Å². The Morgan fingerprint density at radius 3 is 2.73 bits per heavy atom. The van der Waals surface area contributed by atoms with E-state index in [4.69, 9.17) is 26.1 Å². The molecule has 3 aliphatic heterocycles. The number of esters is 1. The number of nitrogens with zero attached hydrogens (tertiary/aromatic N) is 2. The van der Waals surface area contributed by atoms with E-state index in [9.17, 15) is 9.59 Å². The predicted molar refractivity (Wildman–Crippen MR) is 145 cm³/mol. The lowest BCUT2D eigenvalue weighted by atomic mass is 9.93. The summed E-state index contributed by atoms with van der Waals surface area (Å²) in [6.07, 6.45) is 2.18. The van der Waals surface area contributed by atoms with Crippen molar-refractivity contribution in [3.8, 4) is 0 Å². The molecule has 0 saturated carbocycles. The molecule has 1 amide bonds. The average Bonchev–Trinajstić information content (AvgIpc) is 3.56. The summed E-state index contributed by atoms with van der Waals surface area (Å²) < 4.78 is 11.4. The fourth-order valence-corrected chi connectivity index (χ4v) is 5.89.